The molecule has 0 aromatic heterocycles. The summed E-state index contributed by atoms with van der Waals surface area (Å²) < 4.78 is 25.7. The third-order valence-electron chi connectivity index (χ3n) is 1.72. The monoisotopic (exact) mass is 247 g/mol. The fourth-order valence-corrected chi connectivity index (χ4v) is 0.952. The van der Waals surface area contributed by atoms with Gasteiger partial charge in [-0.3, -0.25) is 0 Å². The molecule has 0 aliphatic carbocycles. The molecule has 0 amide bonds. The van der Waals surface area contributed by atoms with Gasteiger partial charge in [-0.15, -0.1) is 0 Å². The molecule has 0 saturated heterocycles. The smallest absolute Gasteiger partial charge is 0.111 e. The van der Waals surface area contributed by atoms with Gasteiger partial charge in [0.1, 0.15) is 6.61 Å². The average molecular weight is 247 g/mol. The van der Waals surface area contributed by atoms with E-state index in [4.69, 9.17) is 23.7 Å². The maximum Gasteiger partial charge on any atom is 0.111 e. The molecule has 0 aliphatic rings. The summed E-state index contributed by atoms with van der Waals surface area (Å²) in [5, 5.41) is 0. The molecule has 5 heteroatoms. The second-order valence-corrected chi connectivity index (χ2v) is 2.99. The highest BCUT2D eigenvalue weighted by molar-refractivity contribution is 4.47. The van der Waals surface area contributed by atoms with Crippen molar-refractivity contribution in [1.29, 1.82) is 0 Å². The van der Waals surface area contributed by atoms with Crippen LogP contribution in [0.2, 0.25) is 0 Å². The van der Waals surface area contributed by atoms with Crippen molar-refractivity contribution in [3.8, 4) is 0 Å². The second-order valence-electron chi connectivity index (χ2n) is 2.99. The molecule has 0 aromatic carbocycles. The Morgan fingerprint density at radius 2 is 1.06 bits per heavy atom. The van der Waals surface area contributed by atoms with Gasteiger partial charge in [-0.25, -0.2) is 0 Å². The first-order chi connectivity index (χ1) is 8.41. The van der Waals surface area contributed by atoms with Crippen LogP contribution in [0.4, 0.5) is 0 Å². The van der Waals surface area contributed by atoms with Crippen molar-refractivity contribution in [2.45, 2.75) is 0 Å². The summed E-state index contributed by atoms with van der Waals surface area (Å²) in [6.07, 6.45) is 1.40. The summed E-state index contributed by atoms with van der Waals surface area (Å²) in [5.74, 6) is 0. The predicted molar refractivity (Wildman–Crippen MR) is 64.8 cm³/mol. The summed E-state index contributed by atoms with van der Waals surface area (Å²) in [7, 11) is 0. The second kappa shape index (κ2) is 15.4. The first-order valence-corrected chi connectivity index (χ1v) is 5.74. The first kappa shape index (κ1) is 16.4. The van der Waals surface area contributed by atoms with Crippen LogP contribution in [-0.4, -0.2) is 59.5 Å². The lowest BCUT2D eigenvalue weighted by Crippen LogP contribution is -2.12. The molecule has 0 fully saturated rings. The maximum atomic E-state index is 5.28. The van der Waals surface area contributed by atoms with Gasteiger partial charge < -0.3 is 23.7 Å². The normalized spacial score (nSPS) is 10.4. The Labute approximate surface area is 104 Å². The Kier molecular flexibility index (Phi) is 14.8. The van der Waals surface area contributed by atoms with Crippen LogP contribution in [0.1, 0.15) is 0 Å². The average Bonchev–Trinajstić information content (AvgIpc) is 2.35. The zero-order valence-corrected chi connectivity index (χ0v) is 10.4. The summed E-state index contributed by atoms with van der Waals surface area (Å²) in [4.78, 5) is 0. The van der Waals surface area contributed by atoms with Crippen LogP contribution in [0.5, 0.6) is 0 Å². The van der Waals surface area contributed by atoms with Crippen molar-refractivity contribution in [2.24, 2.45) is 0 Å². The van der Waals surface area contributed by atoms with Crippen LogP contribution in [0.3, 0.4) is 0 Å². The minimum Gasteiger partial charge on any atom is -0.499 e. The minimum absolute atomic E-state index is 0.479. The fraction of sp³-hybridized carbons (Fsp3) is 0.750. The van der Waals surface area contributed by atoms with Gasteiger partial charge in [0.25, 0.3) is 0 Å². The Hall–Kier alpha value is -0.620. The Balaban J connectivity index is 2.87. The SMILES string of the molecule is [CH2]COCCOCCOCCOCCOC=C. The van der Waals surface area contributed by atoms with Crippen molar-refractivity contribution in [3.63, 3.8) is 0 Å². The van der Waals surface area contributed by atoms with Crippen molar-refractivity contribution in [1.82, 2.24) is 0 Å². The topological polar surface area (TPSA) is 46.2 Å². The molecular weight excluding hydrogens is 224 g/mol. The molecule has 1 radical (unpaired) electrons. The Morgan fingerprint density at radius 3 is 1.47 bits per heavy atom. The van der Waals surface area contributed by atoms with Gasteiger partial charge in [0.2, 0.25) is 0 Å². The van der Waals surface area contributed by atoms with Crippen LogP contribution < -0.4 is 0 Å². The van der Waals surface area contributed by atoms with E-state index in [2.05, 4.69) is 13.5 Å². The van der Waals surface area contributed by atoms with E-state index in [0.717, 1.165) is 0 Å². The van der Waals surface area contributed by atoms with Crippen LogP contribution in [0.25, 0.3) is 0 Å². The molecule has 17 heavy (non-hydrogen) atoms. The fourth-order valence-electron chi connectivity index (χ4n) is 0.952. The summed E-state index contributed by atoms with van der Waals surface area (Å²) in [6, 6.07) is 0. The quantitative estimate of drug-likeness (QED) is 0.339. The molecule has 0 aromatic rings. The van der Waals surface area contributed by atoms with Gasteiger partial charge in [-0.05, 0) is 6.92 Å². The Morgan fingerprint density at radius 1 is 0.647 bits per heavy atom. The van der Waals surface area contributed by atoms with Crippen LogP contribution in [-0.2, 0) is 23.7 Å². The van der Waals surface area contributed by atoms with E-state index in [9.17, 15) is 0 Å². The highest BCUT2D eigenvalue weighted by atomic mass is 16.6. The van der Waals surface area contributed by atoms with Gasteiger partial charge in [0.15, 0.2) is 0 Å². The summed E-state index contributed by atoms with van der Waals surface area (Å²) in [6.45, 7) is 11.9. The van der Waals surface area contributed by atoms with Crippen LogP contribution in [0, 0.1) is 6.92 Å². The first-order valence-electron chi connectivity index (χ1n) is 5.74. The minimum atomic E-state index is 0.479. The maximum absolute atomic E-state index is 5.28. The van der Waals surface area contributed by atoms with Gasteiger partial charge in [-0.2, -0.15) is 0 Å². The largest absolute Gasteiger partial charge is 0.499 e. The molecule has 0 heterocycles. The lowest BCUT2D eigenvalue weighted by atomic mass is 10.7. The zero-order chi connectivity index (χ0) is 12.6. The molecule has 0 bridgehead atoms. The number of ether oxygens (including phenoxy) is 5. The zero-order valence-electron chi connectivity index (χ0n) is 10.4. The lowest BCUT2D eigenvalue weighted by Gasteiger charge is -2.06. The third kappa shape index (κ3) is 15.4. The Bertz CT molecular complexity index is 152. The van der Waals surface area contributed by atoms with E-state index in [1.807, 2.05) is 0 Å². The number of hydrogen-bond acceptors (Lipinski definition) is 5. The highest BCUT2D eigenvalue weighted by Gasteiger charge is 1.91. The van der Waals surface area contributed by atoms with Crippen LogP contribution in [0.15, 0.2) is 12.8 Å². The third-order valence-corrected chi connectivity index (χ3v) is 1.72. The van der Waals surface area contributed by atoms with E-state index >= 15 is 0 Å². The summed E-state index contributed by atoms with van der Waals surface area (Å²) >= 11 is 0. The van der Waals surface area contributed by atoms with E-state index in [1.165, 1.54) is 6.26 Å². The summed E-state index contributed by atoms with van der Waals surface area (Å²) in [5.41, 5.74) is 0. The molecule has 0 aliphatic heterocycles. The van der Waals surface area contributed by atoms with Crippen molar-refractivity contribution < 1.29 is 23.7 Å². The van der Waals surface area contributed by atoms with E-state index in [0.29, 0.717) is 59.5 Å². The van der Waals surface area contributed by atoms with E-state index < -0.39 is 0 Å². The molecule has 0 N–H and O–H groups in total. The molecule has 101 valence electrons. The van der Waals surface area contributed by atoms with Crippen molar-refractivity contribution >= 4 is 0 Å². The van der Waals surface area contributed by atoms with Crippen molar-refractivity contribution in [3.05, 3.63) is 19.8 Å². The number of rotatable bonds is 14. The van der Waals surface area contributed by atoms with Crippen molar-refractivity contribution in [2.75, 3.05) is 59.5 Å². The highest BCUT2D eigenvalue weighted by Crippen LogP contribution is 1.83. The van der Waals surface area contributed by atoms with Crippen LogP contribution >= 0.6 is 0 Å². The van der Waals surface area contributed by atoms with Gasteiger partial charge in [0.05, 0.1) is 52.5 Å². The standard InChI is InChI=1S/C12H23O5/c1-3-13-5-7-15-9-11-17-12-10-16-8-6-14-4-2/h3H,1-2,4-12H2. The van der Waals surface area contributed by atoms with Gasteiger partial charge in [0, 0.05) is 6.61 Å². The van der Waals surface area contributed by atoms with E-state index in [-0.39, 0.29) is 0 Å². The molecule has 0 spiro atoms. The molecule has 0 rings (SSSR count). The van der Waals surface area contributed by atoms with Gasteiger partial charge >= 0.3 is 0 Å². The molecule has 0 saturated carbocycles. The van der Waals surface area contributed by atoms with E-state index in [1.54, 1.807) is 0 Å². The molecular formula is C12H23O5. The van der Waals surface area contributed by atoms with Gasteiger partial charge in [-0.1, -0.05) is 6.58 Å². The molecule has 0 unspecified atom stereocenters. The lowest BCUT2D eigenvalue weighted by molar-refractivity contribution is -0.00404. The predicted octanol–water partition coefficient (Wildman–Crippen LogP) is 1.05. The number of hydrogen-bond donors (Lipinski definition) is 0. The molecule has 0 atom stereocenters. The molecule has 5 nitrogen and oxygen atoms in total.